The lowest BCUT2D eigenvalue weighted by Crippen LogP contribution is -1.88. The third-order valence-corrected chi connectivity index (χ3v) is 2.55. The van der Waals surface area contributed by atoms with Crippen molar-refractivity contribution in [1.82, 2.24) is 4.98 Å². The molecule has 0 aliphatic carbocycles. The van der Waals surface area contributed by atoms with Gasteiger partial charge in [0.15, 0.2) is 5.12 Å². The maximum Gasteiger partial charge on any atom is 0.185 e. The summed E-state index contributed by atoms with van der Waals surface area (Å²) in [7, 11) is 0. The van der Waals surface area contributed by atoms with Gasteiger partial charge in [0.2, 0.25) is 0 Å². The van der Waals surface area contributed by atoms with Crippen LogP contribution in [0.25, 0.3) is 6.08 Å². The van der Waals surface area contributed by atoms with Crippen LogP contribution in [0.4, 0.5) is 5.82 Å². The number of thioether (sulfide) groups is 1. The highest BCUT2D eigenvalue weighted by atomic mass is 32.2. The van der Waals surface area contributed by atoms with Gasteiger partial charge in [0.1, 0.15) is 5.82 Å². The molecule has 1 heterocycles. The Kier molecular flexibility index (Phi) is 4.90. The number of aromatic nitrogens is 1. The summed E-state index contributed by atoms with van der Waals surface area (Å²) in [6.45, 7) is 1.58. The van der Waals surface area contributed by atoms with Crippen molar-refractivity contribution in [3.05, 3.63) is 30.0 Å². The van der Waals surface area contributed by atoms with Gasteiger partial charge in [-0.2, -0.15) is 0 Å². The molecule has 0 bridgehead atoms. The molecule has 0 spiro atoms. The summed E-state index contributed by atoms with van der Waals surface area (Å²) in [4.78, 5) is 14.5. The number of allylic oxidation sites excluding steroid dienone is 1. The van der Waals surface area contributed by atoms with Crippen LogP contribution in [0.1, 0.15) is 18.9 Å². The van der Waals surface area contributed by atoms with Crippen LogP contribution < -0.4 is 5.73 Å². The summed E-state index contributed by atoms with van der Waals surface area (Å²) in [5.74, 6) is 1.35. The van der Waals surface area contributed by atoms with E-state index in [4.69, 9.17) is 5.73 Å². The summed E-state index contributed by atoms with van der Waals surface area (Å²) in [6, 6.07) is 3.71. The lowest BCUT2D eigenvalue weighted by Gasteiger charge is -1.95. The van der Waals surface area contributed by atoms with Crippen molar-refractivity contribution in [3.63, 3.8) is 0 Å². The van der Waals surface area contributed by atoms with Crippen LogP contribution in [0.15, 0.2) is 24.4 Å². The number of hydrogen-bond acceptors (Lipinski definition) is 4. The van der Waals surface area contributed by atoms with Gasteiger partial charge in [-0.1, -0.05) is 23.9 Å². The third kappa shape index (κ3) is 5.22. The van der Waals surface area contributed by atoms with E-state index in [-0.39, 0.29) is 5.12 Å². The first-order chi connectivity index (χ1) is 7.18. The molecule has 15 heavy (non-hydrogen) atoms. The van der Waals surface area contributed by atoms with E-state index in [0.717, 1.165) is 17.7 Å². The van der Waals surface area contributed by atoms with Crippen LogP contribution in [0, 0.1) is 0 Å². The number of anilines is 1. The first-order valence-electron chi connectivity index (χ1n) is 4.70. The van der Waals surface area contributed by atoms with Crippen molar-refractivity contribution in [2.75, 3.05) is 11.5 Å². The molecule has 80 valence electrons. The summed E-state index contributed by atoms with van der Waals surface area (Å²) in [5.41, 5.74) is 6.57. The van der Waals surface area contributed by atoms with Gasteiger partial charge in [-0.25, -0.2) is 4.98 Å². The molecule has 0 saturated heterocycles. The Labute approximate surface area is 93.8 Å². The minimum Gasteiger partial charge on any atom is -0.384 e. The second-order valence-corrected chi connectivity index (χ2v) is 4.32. The molecule has 2 N–H and O–H groups in total. The molecule has 0 atom stereocenters. The summed E-state index contributed by atoms with van der Waals surface area (Å²) < 4.78 is 0. The standard InChI is InChI=1S/C11H14N2OS/c1-9(14)15-7-3-2-4-10-5-6-13-11(12)8-10/h2,4-6,8H,3,7H2,1H3,(H2,12,13). The first-order valence-corrected chi connectivity index (χ1v) is 5.68. The molecule has 1 aromatic rings. The van der Waals surface area contributed by atoms with Gasteiger partial charge < -0.3 is 5.73 Å². The predicted octanol–water partition coefficient (Wildman–Crippen LogP) is 2.35. The Morgan fingerprint density at radius 1 is 1.67 bits per heavy atom. The van der Waals surface area contributed by atoms with E-state index in [1.807, 2.05) is 24.3 Å². The van der Waals surface area contributed by atoms with Crippen molar-refractivity contribution in [2.24, 2.45) is 0 Å². The van der Waals surface area contributed by atoms with Crippen molar-refractivity contribution < 1.29 is 4.79 Å². The minimum atomic E-state index is 0.163. The van der Waals surface area contributed by atoms with Gasteiger partial charge in [0, 0.05) is 18.9 Å². The lowest BCUT2D eigenvalue weighted by molar-refractivity contribution is -0.109. The van der Waals surface area contributed by atoms with Crippen LogP contribution in [-0.4, -0.2) is 15.9 Å². The topological polar surface area (TPSA) is 56.0 Å². The van der Waals surface area contributed by atoms with E-state index in [9.17, 15) is 4.79 Å². The fraction of sp³-hybridized carbons (Fsp3) is 0.273. The minimum absolute atomic E-state index is 0.163. The van der Waals surface area contributed by atoms with Gasteiger partial charge >= 0.3 is 0 Å². The van der Waals surface area contributed by atoms with E-state index in [1.54, 1.807) is 13.1 Å². The zero-order valence-electron chi connectivity index (χ0n) is 8.64. The van der Waals surface area contributed by atoms with Gasteiger partial charge in [0.25, 0.3) is 0 Å². The molecule has 0 amide bonds. The Morgan fingerprint density at radius 2 is 2.47 bits per heavy atom. The third-order valence-electron chi connectivity index (χ3n) is 1.71. The SMILES string of the molecule is CC(=O)SCCC=Cc1ccnc(N)c1. The molecule has 0 aromatic carbocycles. The fourth-order valence-corrected chi connectivity index (χ4v) is 1.60. The molecule has 0 unspecified atom stereocenters. The number of rotatable bonds is 4. The summed E-state index contributed by atoms with van der Waals surface area (Å²) >= 11 is 1.34. The average molecular weight is 222 g/mol. The van der Waals surface area contributed by atoms with Crippen LogP contribution in [-0.2, 0) is 4.79 Å². The second-order valence-electron chi connectivity index (χ2n) is 3.05. The van der Waals surface area contributed by atoms with Crippen LogP contribution in [0.2, 0.25) is 0 Å². The monoisotopic (exact) mass is 222 g/mol. The average Bonchev–Trinajstić information content (AvgIpc) is 2.17. The molecule has 0 saturated carbocycles. The van der Waals surface area contributed by atoms with Gasteiger partial charge in [-0.05, 0) is 24.1 Å². The molecule has 0 radical (unpaired) electrons. The van der Waals surface area contributed by atoms with Crippen LogP contribution in [0.5, 0.6) is 0 Å². The second kappa shape index (κ2) is 6.24. The maximum absolute atomic E-state index is 10.6. The number of nitrogens with zero attached hydrogens (tertiary/aromatic N) is 1. The number of nitrogen functional groups attached to an aromatic ring is 1. The van der Waals surface area contributed by atoms with E-state index in [1.165, 1.54) is 11.8 Å². The Bertz CT molecular complexity index is 363. The molecular weight excluding hydrogens is 208 g/mol. The van der Waals surface area contributed by atoms with Gasteiger partial charge in [0.05, 0.1) is 0 Å². The number of carbonyl (C=O) groups is 1. The van der Waals surface area contributed by atoms with Gasteiger partial charge in [-0.3, -0.25) is 4.79 Å². The molecule has 0 fully saturated rings. The Balaban J connectivity index is 2.35. The largest absolute Gasteiger partial charge is 0.384 e. The summed E-state index contributed by atoms with van der Waals surface area (Å²) in [6.07, 6.45) is 6.58. The molecular formula is C11H14N2OS. The molecule has 0 aliphatic rings. The maximum atomic E-state index is 10.6. The number of hydrogen-bond donors (Lipinski definition) is 1. The highest BCUT2D eigenvalue weighted by molar-refractivity contribution is 8.13. The summed E-state index contributed by atoms with van der Waals surface area (Å²) in [5, 5.41) is 0.163. The van der Waals surface area contributed by atoms with E-state index < -0.39 is 0 Å². The molecule has 3 nitrogen and oxygen atoms in total. The quantitative estimate of drug-likeness (QED) is 0.794. The normalized spacial score (nSPS) is 10.7. The van der Waals surface area contributed by atoms with Crippen molar-refractivity contribution >= 4 is 28.8 Å². The van der Waals surface area contributed by atoms with E-state index in [2.05, 4.69) is 4.98 Å². The molecule has 1 rings (SSSR count). The molecule has 1 aromatic heterocycles. The van der Waals surface area contributed by atoms with Crippen molar-refractivity contribution in [3.8, 4) is 0 Å². The number of carbonyl (C=O) groups excluding carboxylic acids is 1. The zero-order valence-corrected chi connectivity index (χ0v) is 9.46. The number of nitrogens with two attached hydrogens (primary N) is 1. The highest BCUT2D eigenvalue weighted by Gasteiger charge is 1.91. The predicted molar refractivity (Wildman–Crippen MR) is 65.4 cm³/mol. The highest BCUT2D eigenvalue weighted by Crippen LogP contribution is 2.08. The fourth-order valence-electron chi connectivity index (χ4n) is 1.06. The Morgan fingerprint density at radius 3 is 3.13 bits per heavy atom. The van der Waals surface area contributed by atoms with Crippen LogP contribution >= 0.6 is 11.8 Å². The zero-order chi connectivity index (χ0) is 11.1. The van der Waals surface area contributed by atoms with E-state index >= 15 is 0 Å². The molecule has 4 heteroatoms. The van der Waals surface area contributed by atoms with Crippen LogP contribution in [0.3, 0.4) is 0 Å². The lowest BCUT2D eigenvalue weighted by atomic mass is 10.2. The Hall–Kier alpha value is -1.29. The number of pyridine rings is 1. The van der Waals surface area contributed by atoms with Crippen molar-refractivity contribution in [2.45, 2.75) is 13.3 Å². The first kappa shape index (κ1) is 11.8. The smallest absolute Gasteiger partial charge is 0.185 e. The van der Waals surface area contributed by atoms with Gasteiger partial charge in [-0.15, -0.1) is 0 Å². The van der Waals surface area contributed by atoms with E-state index in [0.29, 0.717) is 5.82 Å². The molecule has 0 aliphatic heterocycles. The van der Waals surface area contributed by atoms with Crippen molar-refractivity contribution in [1.29, 1.82) is 0 Å².